The smallest absolute Gasteiger partial charge is 0.0590 e. The van der Waals surface area contributed by atoms with Crippen molar-refractivity contribution in [2.24, 2.45) is 0 Å². The molecule has 0 aliphatic carbocycles. The maximum atomic E-state index is 11.0. The van der Waals surface area contributed by atoms with Gasteiger partial charge < -0.3 is 14.8 Å². The topological polar surface area (TPSA) is 47.6 Å². The molecule has 4 nitrogen and oxygen atoms in total. The summed E-state index contributed by atoms with van der Waals surface area (Å²) in [5.41, 5.74) is 0. The minimum Gasteiger partial charge on any atom is -0.385 e. The first-order chi connectivity index (χ1) is 7.31. The minimum absolute atomic E-state index is 0.658. The second-order valence-electron chi connectivity index (χ2n) is 3.14. The molecule has 0 spiro atoms. The van der Waals surface area contributed by atoms with Crippen LogP contribution in [0, 0.1) is 0 Å². The molecule has 1 N–H and O–H groups in total. The van der Waals surface area contributed by atoms with E-state index in [4.69, 9.17) is 9.47 Å². The van der Waals surface area contributed by atoms with Crippen LogP contribution in [-0.2, 0) is 20.3 Å². The van der Waals surface area contributed by atoms with Crippen LogP contribution in [0.1, 0.15) is 13.3 Å². The van der Waals surface area contributed by atoms with Gasteiger partial charge in [-0.05, 0) is 6.42 Å². The molecule has 0 saturated heterocycles. The first-order valence-corrected chi connectivity index (χ1v) is 6.92. The summed E-state index contributed by atoms with van der Waals surface area (Å²) in [7, 11) is 1.03. The van der Waals surface area contributed by atoms with E-state index in [0.717, 1.165) is 44.2 Å². The van der Waals surface area contributed by atoms with Crippen molar-refractivity contribution in [2.75, 3.05) is 51.5 Å². The second kappa shape index (κ2) is 12.1. The highest BCUT2D eigenvalue weighted by atomic mass is 32.2. The number of ether oxygens (including phenoxy) is 2. The predicted octanol–water partition coefficient (Wildman–Crippen LogP) is 0.398. The van der Waals surface area contributed by atoms with Crippen LogP contribution in [0.25, 0.3) is 0 Å². The van der Waals surface area contributed by atoms with Crippen LogP contribution >= 0.6 is 0 Å². The summed E-state index contributed by atoms with van der Waals surface area (Å²) in [5.74, 6) is 1.48. The largest absolute Gasteiger partial charge is 0.385 e. The molecular weight excluding hydrogens is 214 g/mol. The molecule has 0 aliphatic heterocycles. The SMILES string of the molecule is CCS(=O)CCNCCOCCCOC. The molecule has 1 atom stereocenters. The molecule has 5 heteroatoms. The number of methoxy groups -OCH3 is 1. The van der Waals surface area contributed by atoms with Crippen LogP contribution in [0.3, 0.4) is 0 Å². The fraction of sp³-hybridized carbons (Fsp3) is 1.00. The van der Waals surface area contributed by atoms with E-state index in [0.29, 0.717) is 6.61 Å². The maximum absolute atomic E-state index is 11.0. The third-order valence-electron chi connectivity index (χ3n) is 1.89. The molecule has 0 aromatic rings. The van der Waals surface area contributed by atoms with E-state index in [1.54, 1.807) is 7.11 Å². The van der Waals surface area contributed by atoms with E-state index in [-0.39, 0.29) is 0 Å². The van der Waals surface area contributed by atoms with Gasteiger partial charge in [-0.25, -0.2) is 0 Å². The van der Waals surface area contributed by atoms with Crippen LogP contribution in [-0.4, -0.2) is 55.7 Å². The summed E-state index contributed by atoms with van der Waals surface area (Å²) >= 11 is 0. The molecule has 0 heterocycles. The minimum atomic E-state index is -0.658. The molecule has 0 aliphatic rings. The lowest BCUT2D eigenvalue weighted by Crippen LogP contribution is -2.25. The van der Waals surface area contributed by atoms with Crippen LogP contribution < -0.4 is 5.32 Å². The lowest BCUT2D eigenvalue weighted by atomic mass is 10.5. The van der Waals surface area contributed by atoms with Crippen molar-refractivity contribution in [3.05, 3.63) is 0 Å². The standard InChI is InChI=1S/C10H23NO3S/c1-3-15(12)10-6-11-5-9-14-8-4-7-13-2/h11H,3-10H2,1-2H3. The van der Waals surface area contributed by atoms with Gasteiger partial charge in [0.05, 0.1) is 6.61 Å². The third-order valence-corrected chi connectivity index (χ3v) is 3.19. The zero-order chi connectivity index (χ0) is 11.4. The Bertz CT molecular complexity index is 156. The van der Waals surface area contributed by atoms with Crippen LogP contribution in [0.5, 0.6) is 0 Å². The Morgan fingerprint density at radius 1 is 1.20 bits per heavy atom. The molecule has 0 rings (SSSR count). The second-order valence-corrected chi connectivity index (χ2v) is 5.01. The normalized spacial score (nSPS) is 12.9. The lowest BCUT2D eigenvalue weighted by molar-refractivity contribution is 0.104. The van der Waals surface area contributed by atoms with E-state index in [9.17, 15) is 4.21 Å². The summed E-state index contributed by atoms with van der Waals surface area (Å²) in [6.07, 6.45) is 0.941. The fourth-order valence-electron chi connectivity index (χ4n) is 1.01. The van der Waals surface area contributed by atoms with Crippen LogP contribution in [0.4, 0.5) is 0 Å². The number of hydrogen-bond donors (Lipinski definition) is 1. The Labute approximate surface area is 95.2 Å². The van der Waals surface area contributed by atoms with E-state index < -0.39 is 10.8 Å². The maximum Gasteiger partial charge on any atom is 0.0590 e. The molecule has 1 unspecified atom stereocenters. The molecule has 0 fully saturated rings. The van der Waals surface area contributed by atoms with Gasteiger partial charge in [-0.1, -0.05) is 6.92 Å². The molecule has 15 heavy (non-hydrogen) atoms. The zero-order valence-electron chi connectivity index (χ0n) is 9.79. The first kappa shape index (κ1) is 15.0. The molecule has 0 amide bonds. The van der Waals surface area contributed by atoms with Gasteiger partial charge in [-0.3, -0.25) is 4.21 Å². The van der Waals surface area contributed by atoms with E-state index >= 15 is 0 Å². The zero-order valence-corrected chi connectivity index (χ0v) is 10.6. The van der Waals surface area contributed by atoms with Gasteiger partial charge in [0, 0.05) is 55.7 Å². The van der Waals surface area contributed by atoms with Gasteiger partial charge in [0.1, 0.15) is 0 Å². The quantitative estimate of drug-likeness (QED) is 0.528. The number of nitrogens with one attached hydrogen (secondary N) is 1. The summed E-state index contributed by atoms with van der Waals surface area (Å²) in [6, 6.07) is 0. The van der Waals surface area contributed by atoms with Crippen molar-refractivity contribution < 1.29 is 13.7 Å². The van der Waals surface area contributed by atoms with Crippen molar-refractivity contribution in [3.8, 4) is 0 Å². The molecule has 0 radical (unpaired) electrons. The van der Waals surface area contributed by atoms with E-state index in [2.05, 4.69) is 5.32 Å². The number of rotatable bonds is 11. The summed E-state index contributed by atoms with van der Waals surface area (Å²) < 4.78 is 21.3. The van der Waals surface area contributed by atoms with Crippen molar-refractivity contribution in [1.29, 1.82) is 0 Å². The highest BCUT2D eigenvalue weighted by Crippen LogP contribution is 1.83. The summed E-state index contributed by atoms with van der Waals surface area (Å²) in [5, 5.41) is 3.19. The Kier molecular flexibility index (Phi) is 12.1. The van der Waals surface area contributed by atoms with Gasteiger partial charge in [0.25, 0.3) is 0 Å². The fourth-order valence-corrected chi connectivity index (χ4v) is 1.67. The number of hydrogen-bond acceptors (Lipinski definition) is 4. The highest BCUT2D eigenvalue weighted by Gasteiger charge is 1.94. The summed E-state index contributed by atoms with van der Waals surface area (Å²) in [6.45, 7) is 5.78. The first-order valence-electron chi connectivity index (χ1n) is 5.43. The molecule has 0 saturated carbocycles. The van der Waals surface area contributed by atoms with Crippen molar-refractivity contribution >= 4 is 10.8 Å². The van der Waals surface area contributed by atoms with Crippen molar-refractivity contribution in [3.63, 3.8) is 0 Å². The summed E-state index contributed by atoms with van der Waals surface area (Å²) in [4.78, 5) is 0. The Hall–Kier alpha value is 0.0300. The van der Waals surface area contributed by atoms with Gasteiger partial charge >= 0.3 is 0 Å². The molecular formula is C10H23NO3S. The highest BCUT2D eigenvalue weighted by molar-refractivity contribution is 7.84. The molecule has 0 bridgehead atoms. The average Bonchev–Trinajstić information content (AvgIpc) is 2.26. The lowest BCUT2D eigenvalue weighted by Gasteiger charge is -2.05. The molecule has 0 aromatic carbocycles. The molecule has 0 aromatic heterocycles. The van der Waals surface area contributed by atoms with Gasteiger partial charge in [-0.2, -0.15) is 0 Å². The molecule has 92 valence electrons. The average molecular weight is 237 g/mol. The van der Waals surface area contributed by atoms with E-state index in [1.807, 2.05) is 6.92 Å². The van der Waals surface area contributed by atoms with Gasteiger partial charge in [-0.15, -0.1) is 0 Å². The Morgan fingerprint density at radius 2 is 2.00 bits per heavy atom. The van der Waals surface area contributed by atoms with Crippen LogP contribution in [0.15, 0.2) is 0 Å². The van der Waals surface area contributed by atoms with E-state index in [1.165, 1.54) is 0 Å². The van der Waals surface area contributed by atoms with Crippen molar-refractivity contribution in [1.82, 2.24) is 5.32 Å². The third kappa shape index (κ3) is 12.0. The monoisotopic (exact) mass is 237 g/mol. The van der Waals surface area contributed by atoms with Gasteiger partial charge in [0.2, 0.25) is 0 Å². The Morgan fingerprint density at radius 3 is 2.67 bits per heavy atom. The van der Waals surface area contributed by atoms with Crippen molar-refractivity contribution in [2.45, 2.75) is 13.3 Å². The van der Waals surface area contributed by atoms with Crippen LogP contribution in [0.2, 0.25) is 0 Å². The predicted molar refractivity (Wildman–Crippen MR) is 63.7 cm³/mol. The van der Waals surface area contributed by atoms with Gasteiger partial charge in [0.15, 0.2) is 0 Å². The Balaban J connectivity index is 2.95.